The van der Waals surface area contributed by atoms with Crippen LogP contribution in [-0.4, -0.2) is 0 Å². The van der Waals surface area contributed by atoms with E-state index in [4.69, 9.17) is 11.6 Å². The van der Waals surface area contributed by atoms with Crippen molar-refractivity contribution in [3.63, 3.8) is 0 Å². The molecular formula is C10H16BrCl. The van der Waals surface area contributed by atoms with Gasteiger partial charge in [-0.15, -0.1) is 0 Å². The lowest BCUT2D eigenvalue weighted by atomic mass is 9.72. The first kappa shape index (κ1) is 10.6. The summed E-state index contributed by atoms with van der Waals surface area (Å²) < 4.78 is 1.19. The van der Waals surface area contributed by atoms with E-state index < -0.39 is 0 Å². The standard InChI is InChI=1S/C10H16BrCl/c1-9(2)5-6-10(3,4)8(12)7(9)11/h5-6H2,1-4H3. The van der Waals surface area contributed by atoms with E-state index in [9.17, 15) is 0 Å². The van der Waals surface area contributed by atoms with E-state index in [0.29, 0.717) is 0 Å². The molecule has 0 radical (unpaired) electrons. The van der Waals surface area contributed by atoms with Gasteiger partial charge in [0.15, 0.2) is 0 Å². The number of halogens is 2. The lowest BCUT2D eigenvalue weighted by Gasteiger charge is -2.39. The summed E-state index contributed by atoms with van der Waals surface area (Å²) in [6.07, 6.45) is 2.38. The van der Waals surface area contributed by atoms with Crippen LogP contribution in [0.2, 0.25) is 0 Å². The maximum Gasteiger partial charge on any atom is 0.0343 e. The largest absolute Gasteiger partial charge is 0.0877 e. The Kier molecular flexibility index (Phi) is 2.67. The number of rotatable bonds is 0. The highest BCUT2D eigenvalue weighted by Gasteiger charge is 2.37. The predicted molar refractivity (Wildman–Crippen MR) is 58.6 cm³/mol. The Morgan fingerprint density at radius 3 is 1.92 bits per heavy atom. The number of hydrogen-bond donors (Lipinski definition) is 0. The molecule has 0 bridgehead atoms. The minimum atomic E-state index is 0.163. The summed E-state index contributed by atoms with van der Waals surface area (Å²) in [6, 6.07) is 0. The normalized spacial score (nSPS) is 27.5. The van der Waals surface area contributed by atoms with Crippen molar-refractivity contribution < 1.29 is 0 Å². The summed E-state index contributed by atoms with van der Waals surface area (Å²) in [4.78, 5) is 0. The molecule has 0 spiro atoms. The molecule has 0 aromatic carbocycles. The molecule has 0 amide bonds. The second-order valence-electron chi connectivity index (χ2n) is 4.90. The van der Waals surface area contributed by atoms with Gasteiger partial charge in [-0.05, 0) is 18.3 Å². The molecule has 0 atom stereocenters. The van der Waals surface area contributed by atoms with Crippen LogP contribution in [0.1, 0.15) is 40.5 Å². The van der Waals surface area contributed by atoms with Crippen LogP contribution in [0.3, 0.4) is 0 Å². The van der Waals surface area contributed by atoms with Crippen LogP contribution in [0.5, 0.6) is 0 Å². The molecule has 2 heteroatoms. The average Bonchev–Trinajstić information content (AvgIpc) is 1.96. The van der Waals surface area contributed by atoms with E-state index in [-0.39, 0.29) is 10.8 Å². The number of hydrogen-bond acceptors (Lipinski definition) is 0. The van der Waals surface area contributed by atoms with Crippen molar-refractivity contribution in [2.24, 2.45) is 10.8 Å². The van der Waals surface area contributed by atoms with Gasteiger partial charge >= 0.3 is 0 Å². The van der Waals surface area contributed by atoms with Crippen LogP contribution < -0.4 is 0 Å². The first-order valence-corrected chi connectivity index (χ1v) is 5.51. The molecule has 0 aromatic rings. The van der Waals surface area contributed by atoms with Gasteiger partial charge in [-0.1, -0.05) is 55.2 Å². The van der Waals surface area contributed by atoms with Crippen LogP contribution in [0.25, 0.3) is 0 Å². The molecule has 0 saturated heterocycles. The molecule has 0 saturated carbocycles. The smallest absolute Gasteiger partial charge is 0.0343 e. The quantitative estimate of drug-likeness (QED) is 0.586. The van der Waals surface area contributed by atoms with Crippen LogP contribution in [0.4, 0.5) is 0 Å². The highest BCUT2D eigenvalue weighted by Crippen LogP contribution is 2.52. The summed E-state index contributed by atoms with van der Waals surface area (Å²) in [6.45, 7) is 8.86. The van der Waals surface area contributed by atoms with Crippen molar-refractivity contribution in [2.75, 3.05) is 0 Å². The zero-order valence-corrected chi connectivity index (χ0v) is 10.5. The van der Waals surface area contributed by atoms with Crippen LogP contribution in [-0.2, 0) is 0 Å². The fourth-order valence-electron chi connectivity index (χ4n) is 1.44. The Bertz CT molecular complexity index is 202. The molecule has 0 heterocycles. The Morgan fingerprint density at radius 1 is 1.08 bits per heavy atom. The molecule has 0 aromatic heterocycles. The molecule has 0 fully saturated rings. The minimum absolute atomic E-state index is 0.163. The average molecular weight is 252 g/mol. The van der Waals surface area contributed by atoms with E-state index in [1.165, 1.54) is 17.3 Å². The monoisotopic (exact) mass is 250 g/mol. The van der Waals surface area contributed by atoms with Crippen LogP contribution >= 0.6 is 27.5 Å². The van der Waals surface area contributed by atoms with Gasteiger partial charge in [-0.25, -0.2) is 0 Å². The molecule has 0 aliphatic heterocycles. The van der Waals surface area contributed by atoms with E-state index in [1.807, 2.05) is 0 Å². The van der Waals surface area contributed by atoms with E-state index in [2.05, 4.69) is 43.6 Å². The molecule has 1 aliphatic carbocycles. The van der Waals surface area contributed by atoms with Crippen molar-refractivity contribution in [2.45, 2.75) is 40.5 Å². The highest BCUT2D eigenvalue weighted by atomic mass is 79.9. The summed E-state index contributed by atoms with van der Waals surface area (Å²) in [5.41, 5.74) is 0.391. The van der Waals surface area contributed by atoms with Gasteiger partial charge < -0.3 is 0 Å². The second-order valence-corrected chi connectivity index (χ2v) is 6.07. The predicted octanol–water partition coefficient (Wildman–Crippen LogP) is 4.68. The van der Waals surface area contributed by atoms with Crippen molar-refractivity contribution >= 4 is 27.5 Å². The van der Waals surface area contributed by atoms with Crippen molar-refractivity contribution in [3.05, 3.63) is 9.51 Å². The van der Waals surface area contributed by atoms with Gasteiger partial charge in [-0.2, -0.15) is 0 Å². The maximum atomic E-state index is 6.28. The zero-order valence-electron chi connectivity index (χ0n) is 8.17. The summed E-state index contributed by atoms with van der Waals surface area (Å²) >= 11 is 9.87. The number of allylic oxidation sites excluding steroid dienone is 2. The van der Waals surface area contributed by atoms with Gasteiger partial charge in [0.05, 0.1) is 0 Å². The van der Waals surface area contributed by atoms with E-state index in [1.54, 1.807) is 0 Å². The Morgan fingerprint density at radius 2 is 1.50 bits per heavy atom. The Labute approximate surface area is 88.5 Å². The minimum Gasteiger partial charge on any atom is -0.0877 e. The molecule has 0 nitrogen and oxygen atoms in total. The first-order valence-electron chi connectivity index (χ1n) is 4.34. The lowest BCUT2D eigenvalue weighted by Crippen LogP contribution is -2.26. The fraction of sp³-hybridized carbons (Fsp3) is 0.800. The molecule has 0 N–H and O–H groups in total. The summed E-state index contributed by atoms with van der Waals surface area (Å²) in [7, 11) is 0. The van der Waals surface area contributed by atoms with Gasteiger partial charge in [0.2, 0.25) is 0 Å². The van der Waals surface area contributed by atoms with Gasteiger partial charge in [0.25, 0.3) is 0 Å². The van der Waals surface area contributed by atoms with Gasteiger partial charge in [0.1, 0.15) is 0 Å². The zero-order chi connectivity index (χ0) is 9.57. The third-order valence-corrected chi connectivity index (χ3v) is 5.15. The molecule has 12 heavy (non-hydrogen) atoms. The van der Waals surface area contributed by atoms with E-state index >= 15 is 0 Å². The maximum absolute atomic E-state index is 6.28. The second kappa shape index (κ2) is 3.02. The van der Waals surface area contributed by atoms with Gasteiger partial charge in [0, 0.05) is 14.9 Å². The molecule has 1 aliphatic rings. The van der Waals surface area contributed by atoms with Crippen molar-refractivity contribution in [3.8, 4) is 0 Å². The SMILES string of the molecule is CC1(C)CCC(C)(C)C(Br)=C1Cl. The van der Waals surface area contributed by atoms with Crippen molar-refractivity contribution in [1.82, 2.24) is 0 Å². The Hall–Kier alpha value is 0.510. The first-order chi connectivity index (χ1) is 5.27. The highest BCUT2D eigenvalue weighted by molar-refractivity contribution is 9.11. The fourth-order valence-corrected chi connectivity index (χ4v) is 2.52. The van der Waals surface area contributed by atoms with Crippen LogP contribution in [0, 0.1) is 10.8 Å². The summed E-state index contributed by atoms with van der Waals surface area (Å²) in [5.74, 6) is 0. The van der Waals surface area contributed by atoms with E-state index in [0.717, 1.165) is 5.03 Å². The molecule has 70 valence electrons. The van der Waals surface area contributed by atoms with Gasteiger partial charge in [-0.3, -0.25) is 0 Å². The molecule has 0 unspecified atom stereocenters. The Balaban J connectivity index is 3.10. The lowest BCUT2D eigenvalue weighted by molar-refractivity contribution is 0.288. The van der Waals surface area contributed by atoms with Crippen LogP contribution in [0.15, 0.2) is 9.51 Å². The molecule has 1 rings (SSSR count). The third kappa shape index (κ3) is 1.72. The topological polar surface area (TPSA) is 0 Å². The van der Waals surface area contributed by atoms with Crippen molar-refractivity contribution in [1.29, 1.82) is 0 Å². The molecular weight excluding hydrogens is 235 g/mol. The summed E-state index contributed by atoms with van der Waals surface area (Å²) in [5, 5.41) is 0.999. The third-order valence-electron chi connectivity index (χ3n) is 2.76.